The predicted octanol–water partition coefficient (Wildman–Crippen LogP) is 1.73. The molecule has 2 fully saturated rings. The number of ether oxygens (including phenoxy) is 1. The Balaban J connectivity index is 1.49. The van der Waals surface area contributed by atoms with Gasteiger partial charge in [-0.1, -0.05) is 6.07 Å². The lowest BCUT2D eigenvalue weighted by atomic mass is 10.3. The average Bonchev–Trinajstić information content (AvgIpc) is 3.37. The molecule has 2 heterocycles. The van der Waals surface area contributed by atoms with E-state index in [-0.39, 0.29) is 0 Å². The van der Waals surface area contributed by atoms with Crippen molar-refractivity contribution in [1.29, 1.82) is 0 Å². The monoisotopic (exact) mass is 306 g/mol. The molecule has 2 aliphatic rings. The van der Waals surface area contributed by atoms with Gasteiger partial charge < -0.3 is 15.4 Å². The van der Waals surface area contributed by atoms with E-state index in [1.807, 2.05) is 30.1 Å². The van der Waals surface area contributed by atoms with Crippen LogP contribution in [0.1, 0.15) is 18.4 Å². The minimum Gasteiger partial charge on any atom is -0.477 e. The lowest BCUT2D eigenvalue weighted by Gasteiger charge is -2.27. The molecule has 21 heavy (non-hydrogen) atoms. The second-order valence-electron chi connectivity index (χ2n) is 5.53. The van der Waals surface area contributed by atoms with E-state index in [1.54, 1.807) is 0 Å². The molecule has 1 saturated carbocycles. The van der Waals surface area contributed by atoms with Gasteiger partial charge in [-0.15, -0.1) is 0 Å². The summed E-state index contributed by atoms with van der Waals surface area (Å²) < 4.78 is 5.62. The summed E-state index contributed by atoms with van der Waals surface area (Å²) in [5, 5.41) is 0. The molecule has 2 N–H and O–H groups in total. The maximum absolute atomic E-state index is 6.04. The molecule has 1 aromatic rings. The quantitative estimate of drug-likeness (QED) is 0.663. The topological polar surface area (TPSA) is 63.7 Å². The first-order valence-electron chi connectivity index (χ1n) is 7.51. The number of hydrogen-bond acceptors (Lipinski definition) is 4. The van der Waals surface area contributed by atoms with E-state index in [0.717, 1.165) is 42.7 Å². The number of nitrogens with two attached hydrogens (primary N) is 1. The predicted molar refractivity (Wildman–Crippen MR) is 86.7 cm³/mol. The van der Waals surface area contributed by atoms with Gasteiger partial charge in [0, 0.05) is 36.9 Å². The number of guanidine groups is 1. The highest BCUT2D eigenvalue weighted by atomic mass is 32.2. The van der Waals surface area contributed by atoms with Crippen LogP contribution in [0.2, 0.25) is 0 Å². The highest BCUT2D eigenvalue weighted by Crippen LogP contribution is 2.29. The summed E-state index contributed by atoms with van der Waals surface area (Å²) in [6.45, 7) is 3.36. The van der Waals surface area contributed by atoms with Crippen molar-refractivity contribution in [2.45, 2.75) is 19.4 Å². The van der Waals surface area contributed by atoms with Crippen LogP contribution in [0, 0.1) is 5.92 Å². The van der Waals surface area contributed by atoms with Gasteiger partial charge in [-0.25, -0.2) is 9.98 Å². The number of aromatic nitrogens is 1. The number of hydrogen-bond donors (Lipinski definition) is 1. The second-order valence-corrected chi connectivity index (χ2v) is 6.76. The maximum Gasteiger partial charge on any atom is 0.213 e. The van der Waals surface area contributed by atoms with Crippen LogP contribution in [0.3, 0.4) is 0 Å². The van der Waals surface area contributed by atoms with Gasteiger partial charge in [0.1, 0.15) is 0 Å². The Kier molecular flexibility index (Phi) is 4.85. The first-order chi connectivity index (χ1) is 10.3. The van der Waals surface area contributed by atoms with Crippen molar-refractivity contribution < 1.29 is 4.74 Å². The van der Waals surface area contributed by atoms with Gasteiger partial charge in [-0.05, 0) is 24.3 Å². The van der Waals surface area contributed by atoms with Gasteiger partial charge in [-0.3, -0.25) is 0 Å². The van der Waals surface area contributed by atoms with Crippen molar-refractivity contribution in [1.82, 2.24) is 9.88 Å². The molecule has 114 valence electrons. The van der Waals surface area contributed by atoms with Gasteiger partial charge in [0.2, 0.25) is 5.88 Å². The zero-order valence-corrected chi connectivity index (χ0v) is 13.0. The Labute approximate surface area is 130 Å². The molecular formula is C15H22N4OS. The molecule has 1 saturated heterocycles. The summed E-state index contributed by atoms with van der Waals surface area (Å²) >= 11 is 1.97. The molecule has 3 rings (SSSR count). The van der Waals surface area contributed by atoms with Crippen LogP contribution >= 0.6 is 11.8 Å². The maximum atomic E-state index is 6.04. The average molecular weight is 306 g/mol. The molecule has 0 bridgehead atoms. The Morgan fingerprint density at radius 2 is 2.19 bits per heavy atom. The highest BCUT2D eigenvalue weighted by Gasteiger charge is 2.22. The zero-order chi connectivity index (χ0) is 14.5. The van der Waals surface area contributed by atoms with E-state index in [9.17, 15) is 0 Å². The number of rotatable bonds is 5. The van der Waals surface area contributed by atoms with Crippen molar-refractivity contribution >= 4 is 17.7 Å². The summed E-state index contributed by atoms with van der Waals surface area (Å²) in [5.74, 6) is 4.36. The SMILES string of the molecule is NC(=NCc1ccc(OCC2CC2)nc1)N1CCSCC1. The number of thioether (sulfide) groups is 1. The van der Waals surface area contributed by atoms with E-state index in [0.29, 0.717) is 18.4 Å². The van der Waals surface area contributed by atoms with Crippen LogP contribution in [-0.4, -0.2) is 47.0 Å². The molecule has 1 aliphatic carbocycles. The minimum absolute atomic E-state index is 0.575. The Morgan fingerprint density at radius 1 is 1.38 bits per heavy atom. The largest absolute Gasteiger partial charge is 0.477 e. The second kappa shape index (κ2) is 7.02. The van der Waals surface area contributed by atoms with Crippen molar-refractivity contribution in [3.8, 4) is 5.88 Å². The first kappa shape index (κ1) is 14.5. The van der Waals surface area contributed by atoms with Crippen molar-refractivity contribution in [3.63, 3.8) is 0 Å². The van der Waals surface area contributed by atoms with Gasteiger partial charge in [0.25, 0.3) is 0 Å². The fourth-order valence-electron chi connectivity index (χ4n) is 2.14. The van der Waals surface area contributed by atoms with E-state index in [4.69, 9.17) is 10.5 Å². The van der Waals surface area contributed by atoms with Crippen molar-refractivity contribution in [3.05, 3.63) is 23.9 Å². The number of aliphatic imine (C=N–C) groups is 1. The summed E-state index contributed by atoms with van der Waals surface area (Å²) in [6.07, 6.45) is 4.41. The molecule has 6 heteroatoms. The summed E-state index contributed by atoms with van der Waals surface area (Å²) in [5.41, 5.74) is 7.09. The normalized spacial score (nSPS) is 19.6. The standard InChI is InChI=1S/C15H22N4OS/c16-15(19-5-7-21-8-6-19)18-10-13-3-4-14(17-9-13)20-11-12-1-2-12/h3-4,9,12H,1-2,5-8,10-11H2,(H2,16,18). The van der Waals surface area contributed by atoms with Crippen LogP contribution in [0.25, 0.3) is 0 Å². The molecule has 0 spiro atoms. The number of pyridine rings is 1. The molecule has 0 atom stereocenters. The van der Waals surface area contributed by atoms with Gasteiger partial charge >= 0.3 is 0 Å². The van der Waals surface area contributed by atoms with Crippen LogP contribution in [-0.2, 0) is 6.54 Å². The van der Waals surface area contributed by atoms with Crippen LogP contribution in [0.15, 0.2) is 23.3 Å². The Bertz CT molecular complexity index is 481. The fraction of sp³-hybridized carbons (Fsp3) is 0.600. The van der Waals surface area contributed by atoms with Gasteiger partial charge in [-0.2, -0.15) is 11.8 Å². The summed E-state index contributed by atoms with van der Waals surface area (Å²) in [7, 11) is 0. The molecule has 1 aromatic heterocycles. The lowest BCUT2D eigenvalue weighted by Crippen LogP contribution is -2.42. The Hall–Kier alpha value is -1.43. The molecule has 0 unspecified atom stereocenters. The Morgan fingerprint density at radius 3 is 2.86 bits per heavy atom. The highest BCUT2D eigenvalue weighted by molar-refractivity contribution is 7.99. The molecular weight excluding hydrogens is 284 g/mol. The summed E-state index contributed by atoms with van der Waals surface area (Å²) in [6, 6.07) is 3.93. The smallest absolute Gasteiger partial charge is 0.213 e. The third-order valence-corrected chi connectivity index (χ3v) is 4.66. The molecule has 0 amide bonds. The van der Waals surface area contributed by atoms with Crippen LogP contribution < -0.4 is 10.5 Å². The van der Waals surface area contributed by atoms with E-state index in [1.165, 1.54) is 12.8 Å². The minimum atomic E-state index is 0.575. The fourth-order valence-corrected chi connectivity index (χ4v) is 3.05. The first-order valence-corrected chi connectivity index (χ1v) is 8.67. The van der Waals surface area contributed by atoms with Crippen LogP contribution in [0.5, 0.6) is 5.88 Å². The summed E-state index contributed by atoms with van der Waals surface area (Å²) in [4.78, 5) is 10.9. The third kappa shape index (κ3) is 4.52. The van der Waals surface area contributed by atoms with Crippen molar-refractivity contribution in [2.24, 2.45) is 16.6 Å². The van der Waals surface area contributed by atoms with Gasteiger partial charge in [0.15, 0.2) is 5.96 Å². The zero-order valence-electron chi connectivity index (χ0n) is 12.2. The van der Waals surface area contributed by atoms with E-state index < -0.39 is 0 Å². The number of nitrogens with zero attached hydrogens (tertiary/aromatic N) is 3. The molecule has 1 aliphatic heterocycles. The van der Waals surface area contributed by atoms with Crippen molar-refractivity contribution in [2.75, 3.05) is 31.2 Å². The molecule has 0 aromatic carbocycles. The molecule has 5 nitrogen and oxygen atoms in total. The van der Waals surface area contributed by atoms with Gasteiger partial charge in [0.05, 0.1) is 13.2 Å². The third-order valence-electron chi connectivity index (χ3n) is 3.72. The van der Waals surface area contributed by atoms with Crippen LogP contribution in [0.4, 0.5) is 0 Å². The lowest BCUT2D eigenvalue weighted by molar-refractivity contribution is 0.288. The molecule has 0 radical (unpaired) electrons. The van der Waals surface area contributed by atoms with E-state index >= 15 is 0 Å². The van der Waals surface area contributed by atoms with E-state index in [2.05, 4.69) is 14.9 Å².